The van der Waals surface area contributed by atoms with E-state index in [2.05, 4.69) is 36.5 Å². The zero-order valence-corrected chi connectivity index (χ0v) is 18.3. The number of hydrogen-bond acceptors (Lipinski definition) is 3. The maximum Gasteiger partial charge on any atom is 0.270 e. The van der Waals surface area contributed by atoms with Crippen molar-refractivity contribution in [2.24, 2.45) is 0 Å². The van der Waals surface area contributed by atoms with E-state index in [0.29, 0.717) is 31.6 Å². The van der Waals surface area contributed by atoms with Crippen LogP contribution in [0, 0.1) is 20.8 Å². The first-order chi connectivity index (χ1) is 14.3. The topological polar surface area (TPSA) is 82.3 Å². The van der Waals surface area contributed by atoms with E-state index >= 15 is 0 Å². The Morgan fingerprint density at radius 1 is 1.03 bits per heavy atom. The van der Waals surface area contributed by atoms with E-state index in [4.69, 9.17) is 0 Å². The molecule has 0 saturated carbocycles. The van der Waals surface area contributed by atoms with Crippen LogP contribution in [0.5, 0.6) is 0 Å². The number of likely N-dealkylation sites (tertiary alicyclic amines) is 1. The van der Waals surface area contributed by atoms with Gasteiger partial charge in [0, 0.05) is 30.0 Å². The van der Waals surface area contributed by atoms with Gasteiger partial charge in [-0.3, -0.25) is 4.79 Å². The molecule has 30 heavy (non-hydrogen) atoms. The van der Waals surface area contributed by atoms with E-state index in [1.165, 1.54) is 5.56 Å². The Hall–Kier alpha value is -2.64. The molecule has 1 saturated heterocycles. The third-order valence-corrected chi connectivity index (χ3v) is 7.57. The number of carbonyl (C=O) groups excluding carboxylic acids is 1. The molecule has 3 aromatic rings. The minimum atomic E-state index is -3.54. The van der Waals surface area contributed by atoms with Crippen molar-refractivity contribution < 1.29 is 13.2 Å². The van der Waals surface area contributed by atoms with E-state index in [9.17, 15) is 13.2 Å². The maximum absolute atomic E-state index is 13.0. The molecule has 0 radical (unpaired) electrons. The molecule has 4 rings (SSSR count). The fraction of sp³-hybridized carbons (Fsp3) is 0.348. The molecule has 0 aliphatic carbocycles. The van der Waals surface area contributed by atoms with Crippen LogP contribution in [-0.4, -0.2) is 43.3 Å². The number of aryl methyl sites for hydroxylation is 3. The number of benzene rings is 2. The van der Waals surface area contributed by atoms with Crippen LogP contribution >= 0.6 is 0 Å². The number of piperidine rings is 1. The van der Waals surface area contributed by atoms with Crippen LogP contribution < -0.4 is 4.72 Å². The van der Waals surface area contributed by atoms with E-state index in [0.717, 1.165) is 22.0 Å². The number of aromatic nitrogens is 1. The summed E-state index contributed by atoms with van der Waals surface area (Å²) in [6.07, 6.45) is 1.18. The molecule has 158 valence electrons. The summed E-state index contributed by atoms with van der Waals surface area (Å²) in [5, 5.41) is 1.08. The number of sulfonamides is 1. The standard InChI is InChI=1S/C23H27N3O3S/c1-15-13-16(2)20-14-21(24-22(20)17(15)3)23(27)26-11-9-18(10-12-26)25-30(28,29)19-7-5-4-6-8-19/h4-8,13-14,18,24-25H,9-12H2,1-3H3. The third kappa shape index (κ3) is 3.87. The highest BCUT2D eigenvalue weighted by atomic mass is 32.2. The van der Waals surface area contributed by atoms with E-state index in [1.807, 2.05) is 6.07 Å². The number of rotatable bonds is 4. The lowest BCUT2D eigenvalue weighted by atomic mass is 10.0. The number of fused-ring (bicyclic) bond motifs is 1. The second-order valence-electron chi connectivity index (χ2n) is 8.11. The maximum atomic E-state index is 13.0. The van der Waals surface area contributed by atoms with Gasteiger partial charge < -0.3 is 9.88 Å². The van der Waals surface area contributed by atoms with Gasteiger partial charge in [-0.15, -0.1) is 0 Å². The van der Waals surface area contributed by atoms with Gasteiger partial charge in [0.2, 0.25) is 10.0 Å². The highest BCUT2D eigenvalue weighted by Gasteiger charge is 2.28. The van der Waals surface area contributed by atoms with Crippen molar-refractivity contribution in [3.05, 3.63) is 64.8 Å². The van der Waals surface area contributed by atoms with Gasteiger partial charge in [0.25, 0.3) is 5.91 Å². The zero-order valence-electron chi connectivity index (χ0n) is 17.5. The van der Waals surface area contributed by atoms with Crippen molar-refractivity contribution in [3.8, 4) is 0 Å². The molecule has 7 heteroatoms. The minimum absolute atomic E-state index is 0.0352. The predicted octanol–water partition coefficient (Wildman–Crippen LogP) is 3.68. The normalized spacial score (nSPS) is 15.6. The molecule has 2 heterocycles. The van der Waals surface area contributed by atoms with E-state index in [1.54, 1.807) is 35.2 Å². The number of amides is 1. The fourth-order valence-corrected chi connectivity index (χ4v) is 5.47. The van der Waals surface area contributed by atoms with E-state index < -0.39 is 10.0 Å². The number of nitrogens with one attached hydrogen (secondary N) is 2. The van der Waals surface area contributed by atoms with Crippen molar-refractivity contribution >= 4 is 26.8 Å². The van der Waals surface area contributed by atoms with Crippen molar-refractivity contribution in [1.29, 1.82) is 0 Å². The molecule has 6 nitrogen and oxygen atoms in total. The summed E-state index contributed by atoms with van der Waals surface area (Å²) in [6.45, 7) is 7.24. The number of nitrogens with zero attached hydrogens (tertiary/aromatic N) is 1. The fourth-order valence-electron chi connectivity index (χ4n) is 4.14. The number of carbonyl (C=O) groups is 1. The van der Waals surface area contributed by atoms with Crippen LogP contribution in [-0.2, 0) is 10.0 Å². The van der Waals surface area contributed by atoms with Crippen LogP contribution in [0.1, 0.15) is 40.0 Å². The summed E-state index contributed by atoms with van der Waals surface area (Å²) in [6, 6.07) is 12.3. The quantitative estimate of drug-likeness (QED) is 0.669. The van der Waals surface area contributed by atoms with Crippen molar-refractivity contribution in [2.75, 3.05) is 13.1 Å². The van der Waals surface area contributed by atoms with Gasteiger partial charge in [-0.1, -0.05) is 24.3 Å². The van der Waals surface area contributed by atoms with Gasteiger partial charge in [-0.2, -0.15) is 0 Å². The van der Waals surface area contributed by atoms with Crippen LogP contribution in [0.15, 0.2) is 47.4 Å². The van der Waals surface area contributed by atoms with Crippen molar-refractivity contribution in [2.45, 2.75) is 44.6 Å². The van der Waals surface area contributed by atoms with Crippen molar-refractivity contribution in [3.63, 3.8) is 0 Å². The zero-order chi connectivity index (χ0) is 21.5. The average molecular weight is 426 g/mol. The number of H-pyrrole nitrogens is 1. The Morgan fingerprint density at radius 2 is 1.70 bits per heavy atom. The largest absolute Gasteiger partial charge is 0.350 e. The minimum Gasteiger partial charge on any atom is -0.350 e. The van der Waals surface area contributed by atoms with Crippen LogP contribution in [0.3, 0.4) is 0 Å². The lowest BCUT2D eigenvalue weighted by Crippen LogP contribution is -2.46. The Kier molecular flexibility index (Phi) is 5.42. The van der Waals surface area contributed by atoms with Gasteiger partial charge in [-0.25, -0.2) is 13.1 Å². The van der Waals surface area contributed by atoms with Gasteiger partial charge in [0.1, 0.15) is 5.69 Å². The monoisotopic (exact) mass is 425 g/mol. The lowest BCUT2D eigenvalue weighted by Gasteiger charge is -2.32. The number of aromatic amines is 1. The first kappa shape index (κ1) is 20.6. The second-order valence-corrected chi connectivity index (χ2v) is 9.82. The molecule has 0 spiro atoms. The molecule has 0 bridgehead atoms. The summed E-state index contributed by atoms with van der Waals surface area (Å²) >= 11 is 0. The molecule has 2 N–H and O–H groups in total. The van der Waals surface area contributed by atoms with Gasteiger partial charge in [0.05, 0.1) is 4.90 Å². The Bertz CT molecular complexity index is 1190. The molecular weight excluding hydrogens is 398 g/mol. The first-order valence-corrected chi connectivity index (χ1v) is 11.7. The molecular formula is C23H27N3O3S. The Labute approximate surface area is 177 Å². The van der Waals surface area contributed by atoms with Crippen molar-refractivity contribution in [1.82, 2.24) is 14.6 Å². The van der Waals surface area contributed by atoms with E-state index in [-0.39, 0.29) is 16.8 Å². The molecule has 1 aromatic heterocycles. The smallest absolute Gasteiger partial charge is 0.270 e. The summed E-state index contributed by atoms with van der Waals surface area (Å²) in [4.78, 5) is 18.4. The molecule has 0 unspecified atom stereocenters. The third-order valence-electron chi connectivity index (χ3n) is 6.03. The molecule has 1 fully saturated rings. The molecule has 1 amide bonds. The molecule has 1 aliphatic heterocycles. The highest BCUT2D eigenvalue weighted by molar-refractivity contribution is 7.89. The predicted molar refractivity (Wildman–Crippen MR) is 118 cm³/mol. The van der Waals surface area contributed by atoms with Crippen LogP contribution in [0.2, 0.25) is 0 Å². The lowest BCUT2D eigenvalue weighted by molar-refractivity contribution is 0.0706. The SMILES string of the molecule is Cc1cc(C)c2cc(C(=O)N3CCC(NS(=O)(=O)c4ccccc4)CC3)[nH]c2c1C. The summed E-state index contributed by atoms with van der Waals surface area (Å²) in [5.41, 5.74) is 5.11. The average Bonchev–Trinajstić information content (AvgIpc) is 3.19. The second kappa shape index (κ2) is 7.89. The Morgan fingerprint density at radius 3 is 2.37 bits per heavy atom. The molecule has 1 aliphatic rings. The van der Waals surface area contributed by atoms with Gasteiger partial charge >= 0.3 is 0 Å². The van der Waals surface area contributed by atoms with Crippen LogP contribution in [0.25, 0.3) is 10.9 Å². The van der Waals surface area contributed by atoms with Gasteiger partial charge in [-0.05, 0) is 68.5 Å². The van der Waals surface area contributed by atoms with Crippen LogP contribution in [0.4, 0.5) is 0 Å². The summed E-state index contributed by atoms with van der Waals surface area (Å²) in [7, 11) is -3.54. The summed E-state index contributed by atoms with van der Waals surface area (Å²) in [5.74, 6) is -0.0352. The Balaban J connectivity index is 1.44. The number of hydrogen-bond donors (Lipinski definition) is 2. The molecule has 0 atom stereocenters. The summed E-state index contributed by atoms with van der Waals surface area (Å²) < 4.78 is 27.8. The van der Waals surface area contributed by atoms with Gasteiger partial charge in [0.15, 0.2) is 0 Å². The molecule has 2 aromatic carbocycles. The highest BCUT2D eigenvalue weighted by Crippen LogP contribution is 2.27. The first-order valence-electron chi connectivity index (χ1n) is 10.2.